The highest BCUT2D eigenvalue weighted by Gasteiger charge is 2.22. The molecule has 0 saturated carbocycles. The lowest BCUT2D eigenvalue weighted by Gasteiger charge is -2.27. The van der Waals surface area contributed by atoms with Crippen LogP contribution in [-0.2, 0) is 11.2 Å². The van der Waals surface area contributed by atoms with Crippen LogP contribution in [0.5, 0.6) is 0 Å². The summed E-state index contributed by atoms with van der Waals surface area (Å²) >= 11 is 0. The highest BCUT2D eigenvalue weighted by Crippen LogP contribution is 2.18. The van der Waals surface area contributed by atoms with E-state index in [2.05, 4.69) is 0 Å². The SMILES string of the molecule is CC(C)(C)OC(=O)N1CCCCc2ccccc2C(=O)CCC1. The Morgan fingerprint density at radius 2 is 1.74 bits per heavy atom. The highest BCUT2D eigenvalue weighted by molar-refractivity contribution is 5.97. The van der Waals surface area contributed by atoms with Crippen molar-refractivity contribution in [3.05, 3.63) is 35.4 Å². The maximum absolute atomic E-state index is 12.4. The maximum Gasteiger partial charge on any atom is 0.410 e. The summed E-state index contributed by atoms with van der Waals surface area (Å²) in [6.07, 6.45) is 3.62. The number of fused-ring (bicyclic) bond motifs is 1. The molecule has 4 heteroatoms. The van der Waals surface area contributed by atoms with Gasteiger partial charge in [-0.25, -0.2) is 4.79 Å². The van der Waals surface area contributed by atoms with Gasteiger partial charge in [0.15, 0.2) is 5.78 Å². The monoisotopic (exact) mass is 317 g/mol. The lowest BCUT2D eigenvalue weighted by molar-refractivity contribution is 0.0243. The molecule has 1 amide bonds. The number of amides is 1. The quantitative estimate of drug-likeness (QED) is 0.719. The molecule has 0 aromatic heterocycles. The minimum atomic E-state index is -0.491. The van der Waals surface area contributed by atoms with Crippen molar-refractivity contribution in [2.75, 3.05) is 13.1 Å². The first-order valence-electron chi connectivity index (χ1n) is 8.46. The van der Waals surface area contributed by atoms with E-state index < -0.39 is 5.60 Å². The van der Waals surface area contributed by atoms with Gasteiger partial charge in [0.05, 0.1) is 0 Å². The van der Waals surface area contributed by atoms with Gasteiger partial charge in [-0.2, -0.15) is 0 Å². The average molecular weight is 317 g/mol. The molecule has 0 radical (unpaired) electrons. The minimum absolute atomic E-state index is 0.173. The number of rotatable bonds is 0. The molecule has 1 aromatic rings. The Kier molecular flexibility index (Phi) is 5.80. The molecule has 0 N–H and O–H groups in total. The molecule has 23 heavy (non-hydrogen) atoms. The van der Waals surface area contributed by atoms with Crippen molar-refractivity contribution < 1.29 is 14.3 Å². The van der Waals surface area contributed by atoms with Gasteiger partial charge in [0, 0.05) is 25.1 Å². The fourth-order valence-electron chi connectivity index (χ4n) is 2.81. The summed E-state index contributed by atoms with van der Waals surface area (Å²) in [6.45, 7) is 6.88. The van der Waals surface area contributed by atoms with Crippen LogP contribution in [0.3, 0.4) is 0 Å². The Hall–Kier alpha value is -1.84. The van der Waals surface area contributed by atoms with E-state index >= 15 is 0 Å². The molecule has 4 nitrogen and oxygen atoms in total. The van der Waals surface area contributed by atoms with Gasteiger partial charge in [0.2, 0.25) is 0 Å². The predicted molar refractivity (Wildman–Crippen MR) is 90.8 cm³/mol. The van der Waals surface area contributed by atoms with Gasteiger partial charge in [0.25, 0.3) is 0 Å². The number of nitrogens with zero attached hydrogens (tertiary/aromatic N) is 1. The number of carbonyl (C=O) groups excluding carboxylic acids is 2. The Balaban J connectivity index is 2.05. The summed E-state index contributed by atoms with van der Waals surface area (Å²) in [5.74, 6) is 0.173. The fourth-order valence-corrected chi connectivity index (χ4v) is 2.81. The Bertz CT molecular complexity index is 560. The molecule has 0 atom stereocenters. The van der Waals surface area contributed by atoms with Crippen molar-refractivity contribution in [3.63, 3.8) is 0 Å². The predicted octanol–water partition coefficient (Wildman–Crippen LogP) is 4.22. The second kappa shape index (κ2) is 7.62. The van der Waals surface area contributed by atoms with E-state index in [0.717, 1.165) is 30.4 Å². The number of ketones is 1. The largest absolute Gasteiger partial charge is 0.444 e. The molecule has 1 aromatic carbocycles. The van der Waals surface area contributed by atoms with Gasteiger partial charge in [-0.3, -0.25) is 4.79 Å². The molecule has 0 aliphatic carbocycles. The van der Waals surface area contributed by atoms with E-state index in [1.165, 1.54) is 0 Å². The first kappa shape index (κ1) is 17.5. The van der Waals surface area contributed by atoms with Crippen molar-refractivity contribution in [2.45, 2.75) is 58.5 Å². The topological polar surface area (TPSA) is 46.6 Å². The van der Waals surface area contributed by atoms with E-state index in [9.17, 15) is 9.59 Å². The molecular formula is C19H27NO3. The second-order valence-electron chi connectivity index (χ2n) is 7.11. The van der Waals surface area contributed by atoms with Crippen LogP contribution in [0.25, 0.3) is 0 Å². The van der Waals surface area contributed by atoms with Gasteiger partial charge in [-0.1, -0.05) is 24.3 Å². The minimum Gasteiger partial charge on any atom is -0.444 e. The number of ether oxygens (including phenoxy) is 1. The van der Waals surface area contributed by atoms with Gasteiger partial charge in [0.1, 0.15) is 5.60 Å². The summed E-state index contributed by atoms with van der Waals surface area (Å²) in [7, 11) is 0. The van der Waals surface area contributed by atoms with Crippen molar-refractivity contribution >= 4 is 11.9 Å². The molecule has 0 bridgehead atoms. The summed E-state index contributed by atoms with van der Waals surface area (Å²) < 4.78 is 5.47. The first-order valence-corrected chi connectivity index (χ1v) is 8.46. The summed E-state index contributed by atoms with van der Waals surface area (Å²) in [4.78, 5) is 26.4. The molecule has 0 spiro atoms. The van der Waals surface area contributed by atoms with Crippen molar-refractivity contribution in [3.8, 4) is 0 Å². The van der Waals surface area contributed by atoms with Gasteiger partial charge in [-0.15, -0.1) is 0 Å². The lowest BCUT2D eigenvalue weighted by atomic mass is 9.97. The number of hydrogen-bond acceptors (Lipinski definition) is 3. The van der Waals surface area contributed by atoms with Gasteiger partial charge >= 0.3 is 6.09 Å². The van der Waals surface area contributed by atoms with E-state index in [1.807, 2.05) is 45.0 Å². The number of benzene rings is 1. The molecular weight excluding hydrogens is 290 g/mol. The Labute approximate surface area is 138 Å². The number of hydrogen-bond donors (Lipinski definition) is 0. The summed E-state index contributed by atoms with van der Waals surface area (Å²) in [6, 6.07) is 7.86. The number of Topliss-reactive ketones (excluding diaryl/α,β-unsaturated/α-hetero) is 1. The van der Waals surface area contributed by atoms with Gasteiger partial charge < -0.3 is 9.64 Å². The van der Waals surface area contributed by atoms with E-state index in [0.29, 0.717) is 25.9 Å². The van der Waals surface area contributed by atoms with Gasteiger partial charge in [-0.05, 0) is 52.0 Å². The molecule has 0 saturated heterocycles. The van der Waals surface area contributed by atoms with Crippen LogP contribution in [0.15, 0.2) is 24.3 Å². The summed E-state index contributed by atoms with van der Waals surface area (Å²) in [5.41, 5.74) is 1.48. The van der Waals surface area contributed by atoms with Crippen LogP contribution in [0.1, 0.15) is 62.4 Å². The smallest absolute Gasteiger partial charge is 0.410 e. The van der Waals surface area contributed by atoms with Crippen molar-refractivity contribution in [1.29, 1.82) is 0 Å². The van der Waals surface area contributed by atoms with Crippen molar-refractivity contribution in [2.24, 2.45) is 0 Å². The zero-order chi connectivity index (χ0) is 16.9. The van der Waals surface area contributed by atoms with Crippen LogP contribution in [-0.4, -0.2) is 35.5 Å². The van der Waals surface area contributed by atoms with Crippen LogP contribution >= 0.6 is 0 Å². The van der Waals surface area contributed by atoms with Crippen LogP contribution in [0.4, 0.5) is 4.79 Å². The summed E-state index contributed by atoms with van der Waals surface area (Å²) in [5, 5.41) is 0. The molecule has 1 aliphatic heterocycles. The standard InChI is InChI=1S/C19H27NO3/c1-19(2,3)23-18(22)20-13-7-6-10-15-9-4-5-11-16(15)17(21)12-8-14-20/h4-5,9,11H,6-8,10,12-14H2,1-3H3. The zero-order valence-corrected chi connectivity index (χ0v) is 14.4. The van der Waals surface area contributed by atoms with E-state index in [1.54, 1.807) is 4.90 Å². The van der Waals surface area contributed by atoms with Crippen LogP contribution in [0, 0.1) is 0 Å². The Morgan fingerprint density at radius 1 is 1.04 bits per heavy atom. The fraction of sp³-hybridized carbons (Fsp3) is 0.579. The molecule has 0 unspecified atom stereocenters. The zero-order valence-electron chi connectivity index (χ0n) is 14.4. The van der Waals surface area contributed by atoms with Crippen LogP contribution < -0.4 is 0 Å². The van der Waals surface area contributed by atoms with E-state index in [4.69, 9.17) is 4.74 Å². The molecule has 1 heterocycles. The third-order valence-corrected chi connectivity index (χ3v) is 3.93. The lowest BCUT2D eigenvalue weighted by Crippen LogP contribution is -2.38. The number of carbonyl (C=O) groups is 2. The third kappa shape index (κ3) is 5.38. The van der Waals surface area contributed by atoms with E-state index in [-0.39, 0.29) is 11.9 Å². The molecule has 126 valence electrons. The molecule has 0 fully saturated rings. The average Bonchev–Trinajstić information content (AvgIpc) is 2.50. The third-order valence-electron chi connectivity index (χ3n) is 3.93. The molecule has 1 aliphatic rings. The maximum atomic E-state index is 12.4. The Morgan fingerprint density at radius 3 is 2.48 bits per heavy atom. The highest BCUT2D eigenvalue weighted by atomic mass is 16.6. The molecule has 2 rings (SSSR count). The second-order valence-corrected chi connectivity index (χ2v) is 7.11. The normalized spacial score (nSPS) is 17.2. The van der Waals surface area contributed by atoms with Crippen LogP contribution in [0.2, 0.25) is 0 Å². The first-order chi connectivity index (χ1) is 10.9. The number of aryl methyl sites for hydroxylation is 1. The van der Waals surface area contributed by atoms with Crippen molar-refractivity contribution in [1.82, 2.24) is 4.90 Å².